The van der Waals surface area contributed by atoms with Crippen molar-refractivity contribution in [2.24, 2.45) is 5.73 Å². The first-order chi connectivity index (χ1) is 6.21. The molecular formula is C11H12FN. The summed E-state index contributed by atoms with van der Waals surface area (Å²) < 4.78 is 13.4. The van der Waals surface area contributed by atoms with Crippen molar-refractivity contribution in [3.63, 3.8) is 0 Å². The number of rotatable bonds is 1. The van der Waals surface area contributed by atoms with Crippen molar-refractivity contribution in [1.29, 1.82) is 0 Å². The second-order valence-corrected chi connectivity index (χ2v) is 4.30. The Morgan fingerprint density at radius 1 is 1.38 bits per heavy atom. The Bertz CT molecular complexity index is 354. The summed E-state index contributed by atoms with van der Waals surface area (Å²) in [4.78, 5) is 0. The van der Waals surface area contributed by atoms with E-state index < -0.39 is 0 Å². The predicted molar refractivity (Wildman–Crippen MR) is 49.0 cm³/mol. The van der Waals surface area contributed by atoms with Gasteiger partial charge in [-0.25, -0.2) is 4.39 Å². The van der Waals surface area contributed by atoms with E-state index in [0.29, 0.717) is 5.92 Å². The molecule has 1 atom stereocenters. The van der Waals surface area contributed by atoms with Crippen molar-refractivity contribution in [2.45, 2.75) is 30.7 Å². The third-order valence-corrected chi connectivity index (χ3v) is 3.44. The molecule has 3 rings (SSSR count). The summed E-state index contributed by atoms with van der Waals surface area (Å²) in [6.45, 7) is 0. The second kappa shape index (κ2) is 2.13. The molecule has 2 aliphatic rings. The maximum atomic E-state index is 13.4. The largest absolute Gasteiger partial charge is 0.325 e. The molecule has 0 spiro atoms. The smallest absolute Gasteiger partial charge is 0.127 e. The molecular weight excluding hydrogens is 165 g/mol. The molecule has 68 valence electrons. The molecule has 0 amide bonds. The zero-order valence-corrected chi connectivity index (χ0v) is 7.39. The maximum absolute atomic E-state index is 13.4. The van der Waals surface area contributed by atoms with Gasteiger partial charge in [-0.2, -0.15) is 0 Å². The van der Waals surface area contributed by atoms with Crippen molar-refractivity contribution in [3.8, 4) is 0 Å². The molecule has 0 saturated heterocycles. The van der Waals surface area contributed by atoms with Crippen LogP contribution in [0.2, 0.25) is 0 Å². The minimum absolute atomic E-state index is 0.0603. The van der Waals surface area contributed by atoms with E-state index in [0.717, 1.165) is 30.4 Å². The van der Waals surface area contributed by atoms with Crippen molar-refractivity contribution >= 4 is 0 Å². The zero-order valence-electron chi connectivity index (χ0n) is 7.39. The zero-order chi connectivity index (χ0) is 9.05. The molecule has 0 aromatic heterocycles. The van der Waals surface area contributed by atoms with Crippen LogP contribution in [0.4, 0.5) is 4.39 Å². The quantitative estimate of drug-likeness (QED) is 0.697. The van der Waals surface area contributed by atoms with Crippen LogP contribution in [0.1, 0.15) is 29.9 Å². The highest BCUT2D eigenvalue weighted by atomic mass is 19.1. The fourth-order valence-corrected chi connectivity index (χ4v) is 2.32. The van der Waals surface area contributed by atoms with Crippen molar-refractivity contribution in [2.75, 3.05) is 0 Å². The number of nitrogens with two attached hydrogens (primary N) is 1. The van der Waals surface area contributed by atoms with Gasteiger partial charge in [-0.15, -0.1) is 0 Å². The van der Waals surface area contributed by atoms with Crippen LogP contribution < -0.4 is 5.73 Å². The van der Waals surface area contributed by atoms with Crippen molar-refractivity contribution in [1.82, 2.24) is 0 Å². The highest BCUT2D eigenvalue weighted by Crippen LogP contribution is 2.53. The topological polar surface area (TPSA) is 26.0 Å². The summed E-state index contributed by atoms with van der Waals surface area (Å²) in [5.74, 6) is 0.231. The molecule has 2 aliphatic carbocycles. The van der Waals surface area contributed by atoms with Crippen molar-refractivity contribution in [3.05, 3.63) is 35.1 Å². The van der Waals surface area contributed by atoms with Crippen molar-refractivity contribution < 1.29 is 4.39 Å². The van der Waals surface area contributed by atoms with E-state index >= 15 is 0 Å². The average molecular weight is 177 g/mol. The number of hydrogen-bond acceptors (Lipinski definition) is 1. The van der Waals surface area contributed by atoms with Gasteiger partial charge in [0.25, 0.3) is 0 Å². The van der Waals surface area contributed by atoms with Crippen LogP contribution >= 0.6 is 0 Å². The van der Waals surface area contributed by atoms with E-state index in [1.54, 1.807) is 6.07 Å². The van der Waals surface area contributed by atoms with Gasteiger partial charge in [0, 0.05) is 11.5 Å². The number of hydrogen-bond donors (Lipinski definition) is 1. The van der Waals surface area contributed by atoms with Crippen LogP contribution in [0.5, 0.6) is 0 Å². The molecule has 1 unspecified atom stereocenters. The van der Waals surface area contributed by atoms with E-state index in [-0.39, 0.29) is 11.4 Å². The molecule has 1 nitrogen and oxygen atoms in total. The van der Waals surface area contributed by atoms with E-state index in [4.69, 9.17) is 5.73 Å². The van der Waals surface area contributed by atoms with Gasteiger partial charge in [0.15, 0.2) is 0 Å². The SMILES string of the molecule is NC1(C2Cc3cccc(F)c32)CC1. The molecule has 1 saturated carbocycles. The van der Waals surface area contributed by atoms with E-state index in [9.17, 15) is 4.39 Å². The molecule has 2 heteroatoms. The van der Waals surface area contributed by atoms with Gasteiger partial charge in [0.05, 0.1) is 0 Å². The molecule has 1 aromatic rings. The first-order valence-corrected chi connectivity index (χ1v) is 4.77. The minimum Gasteiger partial charge on any atom is -0.325 e. The third kappa shape index (κ3) is 0.894. The molecule has 0 aliphatic heterocycles. The van der Waals surface area contributed by atoms with Crippen LogP contribution in [-0.2, 0) is 6.42 Å². The predicted octanol–water partition coefficient (Wildman–Crippen LogP) is 1.96. The lowest BCUT2D eigenvalue weighted by atomic mass is 9.72. The summed E-state index contributed by atoms with van der Waals surface area (Å²) in [7, 11) is 0. The number of benzene rings is 1. The molecule has 1 aromatic carbocycles. The van der Waals surface area contributed by atoms with Gasteiger partial charge in [-0.1, -0.05) is 12.1 Å². The highest BCUT2D eigenvalue weighted by Gasteiger charge is 2.51. The Labute approximate surface area is 76.7 Å². The summed E-state index contributed by atoms with van der Waals surface area (Å²) in [5, 5.41) is 0. The third-order valence-electron chi connectivity index (χ3n) is 3.44. The van der Waals surface area contributed by atoms with Crippen LogP contribution in [0.3, 0.4) is 0 Å². The molecule has 0 heterocycles. The first kappa shape index (κ1) is 7.51. The summed E-state index contributed by atoms with van der Waals surface area (Å²) in [6, 6.07) is 5.32. The maximum Gasteiger partial charge on any atom is 0.127 e. The minimum atomic E-state index is -0.0644. The standard InChI is InChI=1S/C11H12FN/c12-9-3-1-2-7-6-8(10(7)9)11(13)4-5-11/h1-3,8H,4-6,13H2. The fourth-order valence-electron chi connectivity index (χ4n) is 2.32. The first-order valence-electron chi connectivity index (χ1n) is 4.77. The van der Waals surface area contributed by atoms with E-state index in [1.807, 2.05) is 6.07 Å². The van der Waals surface area contributed by atoms with Crippen LogP contribution in [0.15, 0.2) is 18.2 Å². The summed E-state index contributed by atoms with van der Waals surface area (Å²) in [5.41, 5.74) is 8.05. The van der Waals surface area contributed by atoms with Crippen LogP contribution in [0.25, 0.3) is 0 Å². The number of fused-ring (bicyclic) bond motifs is 1. The molecule has 0 bridgehead atoms. The fraction of sp³-hybridized carbons (Fsp3) is 0.455. The Hall–Kier alpha value is -0.890. The number of halogens is 1. The highest BCUT2D eigenvalue weighted by molar-refractivity contribution is 5.45. The summed E-state index contributed by atoms with van der Waals surface area (Å²) >= 11 is 0. The molecule has 1 fully saturated rings. The van der Waals surface area contributed by atoms with E-state index in [2.05, 4.69) is 0 Å². The summed E-state index contributed by atoms with van der Waals surface area (Å²) in [6.07, 6.45) is 3.10. The lowest BCUT2D eigenvalue weighted by Gasteiger charge is -2.35. The van der Waals surface area contributed by atoms with Gasteiger partial charge < -0.3 is 5.73 Å². The Balaban J connectivity index is 2.04. The van der Waals surface area contributed by atoms with Crippen LogP contribution in [-0.4, -0.2) is 5.54 Å². The van der Waals surface area contributed by atoms with Gasteiger partial charge in [-0.05, 0) is 36.5 Å². The normalized spacial score (nSPS) is 27.7. The molecule has 13 heavy (non-hydrogen) atoms. The lowest BCUT2D eigenvalue weighted by molar-refractivity contribution is 0.439. The Kier molecular flexibility index (Phi) is 1.23. The average Bonchev–Trinajstić information content (AvgIpc) is 2.73. The Morgan fingerprint density at radius 3 is 2.77 bits per heavy atom. The Morgan fingerprint density at radius 2 is 2.15 bits per heavy atom. The second-order valence-electron chi connectivity index (χ2n) is 4.30. The van der Waals surface area contributed by atoms with Gasteiger partial charge in [-0.3, -0.25) is 0 Å². The monoisotopic (exact) mass is 177 g/mol. The van der Waals surface area contributed by atoms with Gasteiger partial charge >= 0.3 is 0 Å². The van der Waals surface area contributed by atoms with Gasteiger partial charge in [0.1, 0.15) is 5.82 Å². The van der Waals surface area contributed by atoms with Gasteiger partial charge in [0.2, 0.25) is 0 Å². The lowest BCUT2D eigenvalue weighted by Crippen LogP contribution is -2.38. The molecule has 2 N–H and O–H groups in total. The van der Waals surface area contributed by atoms with E-state index in [1.165, 1.54) is 6.07 Å². The molecule has 0 radical (unpaired) electrons. The van der Waals surface area contributed by atoms with Crippen LogP contribution in [0, 0.1) is 5.82 Å².